The van der Waals surface area contributed by atoms with Gasteiger partial charge in [0.2, 0.25) is 0 Å². The number of hydrogen-bond donors (Lipinski definition) is 0. The van der Waals surface area contributed by atoms with E-state index in [2.05, 4.69) is 45.1 Å². The summed E-state index contributed by atoms with van der Waals surface area (Å²) in [5.74, 6) is -0.902. The van der Waals surface area contributed by atoms with Gasteiger partial charge in [0.25, 0.3) is 0 Å². The van der Waals surface area contributed by atoms with Gasteiger partial charge in [-0.3, -0.25) is 14.4 Å². The minimum Gasteiger partial charge on any atom is -0.462 e. The maximum atomic E-state index is 12.6. The van der Waals surface area contributed by atoms with Crippen molar-refractivity contribution in [2.45, 2.75) is 219 Å². The Hall–Kier alpha value is -2.11. The topological polar surface area (TPSA) is 78.9 Å². The van der Waals surface area contributed by atoms with Crippen molar-refractivity contribution in [3.63, 3.8) is 0 Å². The molecule has 6 nitrogen and oxygen atoms in total. The molecule has 49 heavy (non-hydrogen) atoms. The lowest BCUT2D eigenvalue weighted by Crippen LogP contribution is -2.30. The minimum atomic E-state index is -0.766. The van der Waals surface area contributed by atoms with E-state index < -0.39 is 6.10 Å². The number of carbonyl (C=O) groups excluding carboxylic acids is 3. The Bertz CT molecular complexity index is 804. The maximum absolute atomic E-state index is 12.6. The van der Waals surface area contributed by atoms with Crippen LogP contribution in [-0.4, -0.2) is 37.2 Å². The molecule has 1 unspecified atom stereocenters. The lowest BCUT2D eigenvalue weighted by molar-refractivity contribution is -0.167. The third-order valence-corrected chi connectivity index (χ3v) is 8.96. The number of allylic oxidation sites excluding steroid dienone is 4. The molecule has 0 aromatic carbocycles. The third-order valence-electron chi connectivity index (χ3n) is 8.96. The van der Waals surface area contributed by atoms with Crippen LogP contribution in [0.1, 0.15) is 213 Å². The highest BCUT2D eigenvalue weighted by atomic mass is 16.6. The maximum Gasteiger partial charge on any atom is 0.306 e. The van der Waals surface area contributed by atoms with Crippen LogP contribution in [0.4, 0.5) is 0 Å². The lowest BCUT2D eigenvalue weighted by atomic mass is 10.0. The Balaban J connectivity index is 4.27. The predicted octanol–water partition coefficient (Wildman–Crippen LogP) is 12.9. The summed E-state index contributed by atoms with van der Waals surface area (Å²) in [6.45, 7) is 6.49. The first-order valence-electron chi connectivity index (χ1n) is 20.8. The monoisotopic (exact) mass is 691 g/mol. The normalized spacial score (nSPS) is 12.1. The lowest BCUT2D eigenvalue weighted by Gasteiger charge is -2.18. The summed E-state index contributed by atoms with van der Waals surface area (Å²) in [7, 11) is 0. The van der Waals surface area contributed by atoms with Crippen LogP contribution < -0.4 is 0 Å². The molecule has 286 valence electrons. The fourth-order valence-electron chi connectivity index (χ4n) is 5.75. The molecule has 0 aromatic rings. The Morgan fingerprint density at radius 2 is 0.755 bits per heavy atom. The van der Waals surface area contributed by atoms with E-state index in [-0.39, 0.29) is 31.1 Å². The van der Waals surface area contributed by atoms with Crippen molar-refractivity contribution in [1.82, 2.24) is 0 Å². The van der Waals surface area contributed by atoms with E-state index in [1.807, 2.05) is 0 Å². The van der Waals surface area contributed by atoms with Crippen molar-refractivity contribution in [2.75, 3.05) is 13.2 Å². The Morgan fingerprint density at radius 3 is 1.18 bits per heavy atom. The molecule has 0 aliphatic carbocycles. The Labute approximate surface area is 303 Å². The number of hydrogen-bond acceptors (Lipinski definition) is 6. The molecule has 0 saturated carbocycles. The first kappa shape index (κ1) is 46.9. The second-order valence-corrected chi connectivity index (χ2v) is 13.9. The van der Waals surface area contributed by atoms with E-state index >= 15 is 0 Å². The van der Waals surface area contributed by atoms with Crippen molar-refractivity contribution in [3.05, 3.63) is 24.3 Å². The van der Waals surface area contributed by atoms with E-state index in [9.17, 15) is 14.4 Å². The van der Waals surface area contributed by atoms with E-state index in [1.54, 1.807) is 0 Å². The molecule has 0 heterocycles. The average Bonchev–Trinajstić information content (AvgIpc) is 3.09. The van der Waals surface area contributed by atoms with Crippen molar-refractivity contribution in [2.24, 2.45) is 0 Å². The van der Waals surface area contributed by atoms with E-state index in [0.717, 1.165) is 83.5 Å². The molecular formula is C43H78O6. The molecule has 0 aliphatic heterocycles. The SMILES string of the molecule is CCCC/C=C\C/C=C\CCCCCCCC(=O)OCC(COC(=O)CCCCCCC)OC(=O)CCCCCCCCCCCCCC. The standard InChI is InChI=1S/C43H78O6/c1-4-7-10-13-15-17-19-21-22-24-25-27-30-33-36-42(45)48-39-40(38-47-41(44)35-32-29-12-9-6-3)49-43(46)37-34-31-28-26-23-20-18-16-14-11-8-5-2/h13,15,19,21,40H,4-12,14,16-18,20,22-39H2,1-3H3/b15-13-,21-19-. The molecule has 0 aliphatic rings. The van der Waals surface area contributed by atoms with Gasteiger partial charge in [-0.15, -0.1) is 0 Å². The zero-order chi connectivity index (χ0) is 35.9. The molecule has 0 spiro atoms. The fraction of sp³-hybridized carbons (Fsp3) is 0.837. The number of esters is 3. The minimum absolute atomic E-state index is 0.0746. The van der Waals surface area contributed by atoms with Gasteiger partial charge in [-0.25, -0.2) is 0 Å². The van der Waals surface area contributed by atoms with Crippen LogP contribution in [-0.2, 0) is 28.6 Å². The molecule has 1 atom stereocenters. The summed E-state index contributed by atoms with van der Waals surface area (Å²) in [5.41, 5.74) is 0. The van der Waals surface area contributed by atoms with Gasteiger partial charge in [-0.05, 0) is 44.9 Å². The third kappa shape index (κ3) is 37.0. The van der Waals surface area contributed by atoms with Gasteiger partial charge < -0.3 is 14.2 Å². The molecule has 0 rings (SSSR count). The summed E-state index contributed by atoms with van der Waals surface area (Å²) in [6.07, 6.45) is 40.4. The van der Waals surface area contributed by atoms with Gasteiger partial charge in [0, 0.05) is 19.3 Å². The summed E-state index contributed by atoms with van der Waals surface area (Å²) in [5, 5.41) is 0. The highest BCUT2D eigenvalue weighted by Gasteiger charge is 2.19. The molecule has 0 bridgehead atoms. The van der Waals surface area contributed by atoms with Crippen LogP contribution in [0.5, 0.6) is 0 Å². The molecular weight excluding hydrogens is 612 g/mol. The molecule has 0 radical (unpaired) electrons. The van der Waals surface area contributed by atoms with Gasteiger partial charge in [0.05, 0.1) is 0 Å². The largest absolute Gasteiger partial charge is 0.462 e. The molecule has 0 N–H and O–H groups in total. The Morgan fingerprint density at radius 1 is 0.408 bits per heavy atom. The second kappa shape index (κ2) is 38.7. The smallest absolute Gasteiger partial charge is 0.306 e. The van der Waals surface area contributed by atoms with Crippen LogP contribution in [0.2, 0.25) is 0 Å². The molecule has 6 heteroatoms. The highest BCUT2D eigenvalue weighted by Crippen LogP contribution is 2.14. The first-order valence-corrected chi connectivity index (χ1v) is 20.8. The number of carbonyl (C=O) groups is 3. The van der Waals surface area contributed by atoms with Crippen LogP contribution in [0, 0.1) is 0 Å². The molecule has 0 amide bonds. The quantitative estimate of drug-likeness (QED) is 0.0279. The highest BCUT2D eigenvalue weighted by molar-refractivity contribution is 5.71. The van der Waals surface area contributed by atoms with Crippen molar-refractivity contribution >= 4 is 17.9 Å². The predicted molar refractivity (Wildman–Crippen MR) is 206 cm³/mol. The summed E-state index contributed by atoms with van der Waals surface area (Å²) >= 11 is 0. The van der Waals surface area contributed by atoms with Gasteiger partial charge >= 0.3 is 17.9 Å². The summed E-state index contributed by atoms with van der Waals surface area (Å²) in [4.78, 5) is 37.3. The van der Waals surface area contributed by atoms with Crippen molar-refractivity contribution in [3.8, 4) is 0 Å². The number of unbranched alkanes of at least 4 members (excludes halogenated alkanes) is 22. The Kier molecular flexibility index (Phi) is 37.0. The zero-order valence-electron chi connectivity index (χ0n) is 32.5. The number of ether oxygens (including phenoxy) is 3. The average molecular weight is 691 g/mol. The van der Waals surface area contributed by atoms with Crippen LogP contribution >= 0.6 is 0 Å². The summed E-state index contributed by atoms with van der Waals surface area (Å²) in [6, 6.07) is 0. The molecule has 0 saturated heterocycles. The van der Waals surface area contributed by atoms with Crippen molar-refractivity contribution < 1.29 is 28.6 Å². The molecule has 0 fully saturated rings. The van der Waals surface area contributed by atoms with Gasteiger partial charge in [-0.2, -0.15) is 0 Å². The molecule has 0 aromatic heterocycles. The first-order chi connectivity index (χ1) is 24.0. The second-order valence-electron chi connectivity index (χ2n) is 13.9. The van der Waals surface area contributed by atoms with Crippen molar-refractivity contribution in [1.29, 1.82) is 0 Å². The van der Waals surface area contributed by atoms with Gasteiger partial charge in [0.15, 0.2) is 6.10 Å². The van der Waals surface area contributed by atoms with Gasteiger partial charge in [-0.1, -0.05) is 173 Å². The zero-order valence-corrected chi connectivity index (χ0v) is 32.5. The van der Waals surface area contributed by atoms with Crippen LogP contribution in [0.15, 0.2) is 24.3 Å². The van der Waals surface area contributed by atoms with Crippen LogP contribution in [0.3, 0.4) is 0 Å². The van der Waals surface area contributed by atoms with E-state index in [1.165, 1.54) is 89.9 Å². The number of rotatable bonds is 37. The fourth-order valence-corrected chi connectivity index (χ4v) is 5.75. The van der Waals surface area contributed by atoms with E-state index in [4.69, 9.17) is 14.2 Å². The van der Waals surface area contributed by atoms with Gasteiger partial charge in [0.1, 0.15) is 13.2 Å². The van der Waals surface area contributed by atoms with Crippen LogP contribution in [0.25, 0.3) is 0 Å². The summed E-state index contributed by atoms with van der Waals surface area (Å²) < 4.78 is 16.5. The van der Waals surface area contributed by atoms with E-state index in [0.29, 0.717) is 19.3 Å².